The number of rotatable bonds is 3. The molecule has 2 aromatic heterocycles. The van der Waals surface area contributed by atoms with Gasteiger partial charge >= 0.3 is 0 Å². The molecule has 3 rings (SSSR count). The maximum absolute atomic E-state index is 9.43. The van der Waals surface area contributed by atoms with Gasteiger partial charge in [0.25, 0.3) is 0 Å². The Morgan fingerprint density at radius 1 is 1.18 bits per heavy atom. The molecule has 0 bridgehead atoms. The summed E-state index contributed by atoms with van der Waals surface area (Å²) in [5.41, 5.74) is 3.36. The fourth-order valence-corrected chi connectivity index (χ4v) is 3.14. The lowest BCUT2D eigenvalue weighted by Gasteiger charge is -1.98. The van der Waals surface area contributed by atoms with Crippen molar-refractivity contribution in [2.75, 3.05) is 0 Å². The number of aromatic nitrogens is 2. The first-order valence-electron chi connectivity index (χ1n) is 6.50. The molecule has 0 aliphatic heterocycles. The van der Waals surface area contributed by atoms with Gasteiger partial charge in [-0.3, -0.25) is 4.98 Å². The van der Waals surface area contributed by atoms with Crippen molar-refractivity contribution in [3.8, 4) is 17.3 Å². The van der Waals surface area contributed by atoms with E-state index in [2.05, 4.69) is 32.0 Å². The van der Waals surface area contributed by atoms with Crippen LogP contribution < -0.4 is 0 Å². The Hall–Kier alpha value is -2.29. The van der Waals surface area contributed by atoms with E-state index < -0.39 is 0 Å². The van der Waals surface area contributed by atoms with Crippen molar-refractivity contribution in [3.05, 3.63) is 69.2 Å². The van der Waals surface area contributed by atoms with Gasteiger partial charge in [-0.05, 0) is 29.8 Å². The third-order valence-corrected chi connectivity index (χ3v) is 4.63. The van der Waals surface area contributed by atoms with Crippen LogP contribution in [-0.2, 0) is 0 Å². The van der Waals surface area contributed by atoms with E-state index in [4.69, 9.17) is 0 Å². The SMILES string of the molecule is N#C/C(=C/c1ccccc1Br)c1nc(-c2ccncc2)cs1. The van der Waals surface area contributed by atoms with Crippen molar-refractivity contribution in [2.24, 2.45) is 0 Å². The molecule has 0 N–H and O–H groups in total. The number of benzene rings is 1. The first kappa shape index (κ1) is 14.6. The van der Waals surface area contributed by atoms with Gasteiger partial charge in [0.05, 0.1) is 11.3 Å². The van der Waals surface area contributed by atoms with Crippen molar-refractivity contribution in [1.82, 2.24) is 9.97 Å². The molecule has 106 valence electrons. The zero-order chi connectivity index (χ0) is 15.4. The molecule has 22 heavy (non-hydrogen) atoms. The third kappa shape index (κ3) is 3.14. The Labute approximate surface area is 140 Å². The minimum absolute atomic E-state index is 0.553. The van der Waals surface area contributed by atoms with Gasteiger partial charge < -0.3 is 0 Å². The van der Waals surface area contributed by atoms with Crippen LogP contribution in [0.2, 0.25) is 0 Å². The lowest BCUT2D eigenvalue weighted by atomic mass is 10.1. The summed E-state index contributed by atoms with van der Waals surface area (Å²) in [6, 6.07) is 13.8. The molecule has 5 heteroatoms. The minimum Gasteiger partial charge on any atom is -0.265 e. The number of thiazole rings is 1. The van der Waals surface area contributed by atoms with E-state index in [0.717, 1.165) is 21.3 Å². The molecule has 0 aliphatic carbocycles. The molecule has 0 saturated heterocycles. The van der Waals surface area contributed by atoms with Crippen LogP contribution in [0.25, 0.3) is 22.9 Å². The van der Waals surface area contributed by atoms with Crippen LogP contribution in [0.1, 0.15) is 10.6 Å². The second-order valence-electron chi connectivity index (χ2n) is 4.47. The van der Waals surface area contributed by atoms with Crippen LogP contribution in [-0.4, -0.2) is 9.97 Å². The Kier molecular flexibility index (Phi) is 4.42. The second-order valence-corrected chi connectivity index (χ2v) is 6.18. The van der Waals surface area contributed by atoms with E-state index in [1.165, 1.54) is 11.3 Å². The summed E-state index contributed by atoms with van der Waals surface area (Å²) in [6.07, 6.45) is 5.31. The number of nitrogens with zero attached hydrogens (tertiary/aromatic N) is 3. The topological polar surface area (TPSA) is 49.6 Å². The average molecular weight is 368 g/mol. The zero-order valence-corrected chi connectivity index (χ0v) is 13.8. The number of hydrogen-bond donors (Lipinski definition) is 0. The molecular weight excluding hydrogens is 358 g/mol. The summed E-state index contributed by atoms with van der Waals surface area (Å²) < 4.78 is 0.952. The normalized spacial score (nSPS) is 11.2. The van der Waals surface area contributed by atoms with Crippen molar-refractivity contribution in [2.45, 2.75) is 0 Å². The van der Waals surface area contributed by atoms with Gasteiger partial charge in [0.15, 0.2) is 0 Å². The maximum Gasteiger partial charge on any atom is 0.134 e. The summed E-state index contributed by atoms with van der Waals surface area (Å²) in [6.45, 7) is 0. The first-order valence-corrected chi connectivity index (χ1v) is 8.18. The van der Waals surface area contributed by atoms with Crippen molar-refractivity contribution < 1.29 is 0 Å². The van der Waals surface area contributed by atoms with Gasteiger partial charge in [-0.2, -0.15) is 5.26 Å². The third-order valence-electron chi connectivity index (χ3n) is 3.04. The summed E-state index contributed by atoms with van der Waals surface area (Å²) in [5, 5.41) is 12.1. The number of nitriles is 1. The Bertz CT molecular complexity index is 863. The summed E-state index contributed by atoms with van der Waals surface area (Å²) in [7, 11) is 0. The van der Waals surface area contributed by atoms with Gasteiger partial charge in [0, 0.05) is 27.8 Å². The van der Waals surface area contributed by atoms with E-state index in [9.17, 15) is 5.26 Å². The van der Waals surface area contributed by atoms with E-state index in [1.807, 2.05) is 47.9 Å². The zero-order valence-electron chi connectivity index (χ0n) is 11.4. The van der Waals surface area contributed by atoms with E-state index in [1.54, 1.807) is 12.4 Å². The minimum atomic E-state index is 0.553. The molecule has 3 nitrogen and oxygen atoms in total. The quantitative estimate of drug-likeness (QED) is 0.609. The predicted molar refractivity (Wildman–Crippen MR) is 93.0 cm³/mol. The highest BCUT2D eigenvalue weighted by Gasteiger charge is 2.09. The lowest BCUT2D eigenvalue weighted by Crippen LogP contribution is -1.83. The molecule has 0 aliphatic rings. The lowest BCUT2D eigenvalue weighted by molar-refractivity contribution is 1.31. The van der Waals surface area contributed by atoms with Crippen LogP contribution >= 0.6 is 27.3 Å². The Balaban J connectivity index is 1.98. The molecular formula is C17H10BrN3S. The highest BCUT2D eigenvalue weighted by molar-refractivity contribution is 9.10. The van der Waals surface area contributed by atoms with Crippen LogP contribution in [0.5, 0.6) is 0 Å². The molecule has 1 aromatic carbocycles. The molecule has 0 atom stereocenters. The van der Waals surface area contributed by atoms with Gasteiger partial charge in [0.1, 0.15) is 11.1 Å². The molecule has 0 unspecified atom stereocenters. The molecule has 0 fully saturated rings. The van der Waals surface area contributed by atoms with Gasteiger partial charge in [-0.1, -0.05) is 34.1 Å². The predicted octanol–water partition coefficient (Wildman–Crippen LogP) is 5.03. The standard InChI is InChI=1S/C17H10BrN3S/c18-15-4-2-1-3-13(15)9-14(10-19)17-21-16(11-22-17)12-5-7-20-8-6-12/h1-9,11H/b14-9-. The van der Waals surface area contributed by atoms with Crippen LogP contribution in [0.15, 0.2) is 58.6 Å². The molecule has 0 saturated carbocycles. The highest BCUT2D eigenvalue weighted by Crippen LogP contribution is 2.28. The molecule has 0 spiro atoms. The monoisotopic (exact) mass is 367 g/mol. The molecule has 0 amide bonds. The van der Waals surface area contributed by atoms with E-state index >= 15 is 0 Å². The largest absolute Gasteiger partial charge is 0.265 e. The molecule has 2 heterocycles. The van der Waals surface area contributed by atoms with Crippen LogP contribution in [0.4, 0.5) is 0 Å². The fourth-order valence-electron chi connectivity index (χ4n) is 1.94. The van der Waals surface area contributed by atoms with Crippen LogP contribution in [0, 0.1) is 11.3 Å². The smallest absolute Gasteiger partial charge is 0.134 e. The maximum atomic E-state index is 9.43. The van der Waals surface area contributed by atoms with E-state index in [-0.39, 0.29) is 0 Å². The second kappa shape index (κ2) is 6.65. The summed E-state index contributed by atoms with van der Waals surface area (Å²) in [5.74, 6) is 0. The van der Waals surface area contributed by atoms with Gasteiger partial charge in [0.2, 0.25) is 0 Å². The van der Waals surface area contributed by atoms with Gasteiger partial charge in [-0.25, -0.2) is 4.98 Å². The van der Waals surface area contributed by atoms with Crippen LogP contribution in [0.3, 0.4) is 0 Å². The van der Waals surface area contributed by atoms with Crippen molar-refractivity contribution in [3.63, 3.8) is 0 Å². The van der Waals surface area contributed by atoms with Gasteiger partial charge in [-0.15, -0.1) is 11.3 Å². The highest BCUT2D eigenvalue weighted by atomic mass is 79.9. The Morgan fingerprint density at radius 2 is 1.95 bits per heavy atom. The summed E-state index contributed by atoms with van der Waals surface area (Å²) >= 11 is 4.96. The first-order chi connectivity index (χ1) is 10.8. The Morgan fingerprint density at radius 3 is 2.68 bits per heavy atom. The number of allylic oxidation sites excluding steroid dienone is 1. The van der Waals surface area contributed by atoms with Crippen molar-refractivity contribution >= 4 is 38.9 Å². The summed E-state index contributed by atoms with van der Waals surface area (Å²) in [4.78, 5) is 8.56. The van der Waals surface area contributed by atoms with E-state index in [0.29, 0.717) is 10.6 Å². The fraction of sp³-hybridized carbons (Fsp3) is 0. The van der Waals surface area contributed by atoms with Crippen molar-refractivity contribution in [1.29, 1.82) is 5.26 Å². The number of pyridine rings is 1. The average Bonchev–Trinajstić information content (AvgIpc) is 3.05. The number of hydrogen-bond acceptors (Lipinski definition) is 4. The number of halogens is 1. The molecule has 0 radical (unpaired) electrons. The molecule has 3 aromatic rings.